The minimum atomic E-state index is 0.381. The lowest BCUT2D eigenvalue weighted by atomic mass is 10.1. The number of rotatable bonds is 2. The summed E-state index contributed by atoms with van der Waals surface area (Å²) in [6.45, 7) is 5.76. The molecule has 0 saturated carbocycles. The highest BCUT2D eigenvalue weighted by atomic mass is 35.5. The Morgan fingerprint density at radius 1 is 1.24 bits per heavy atom. The van der Waals surface area contributed by atoms with Gasteiger partial charge in [-0.3, -0.25) is 4.98 Å². The third-order valence-electron chi connectivity index (χ3n) is 3.63. The molecule has 0 aliphatic heterocycles. The first-order valence-corrected chi connectivity index (χ1v) is 7.91. The van der Waals surface area contributed by atoms with Crippen molar-refractivity contribution in [1.29, 1.82) is 0 Å². The molecule has 0 amide bonds. The van der Waals surface area contributed by atoms with Gasteiger partial charge in [-0.25, -0.2) is 9.97 Å². The number of halogens is 1. The standard InChI is InChI=1S/C19H16ClN5/c1-12-4-6-15(11-23-12)19-18(13(2)21)24-17(25(19)3)7-5-14-8-9-22-16(20)10-14/h4,6,8-11H,2,21H2,1,3H3. The fourth-order valence-corrected chi connectivity index (χ4v) is 2.55. The van der Waals surface area contributed by atoms with Crippen molar-refractivity contribution in [2.45, 2.75) is 6.92 Å². The third-order valence-corrected chi connectivity index (χ3v) is 3.84. The average Bonchev–Trinajstić information content (AvgIpc) is 2.91. The molecule has 2 N–H and O–H groups in total. The predicted molar refractivity (Wildman–Crippen MR) is 99.6 cm³/mol. The van der Waals surface area contributed by atoms with E-state index in [4.69, 9.17) is 17.3 Å². The maximum Gasteiger partial charge on any atom is 0.186 e. The number of nitrogens with two attached hydrogens (primary N) is 1. The molecule has 0 aliphatic rings. The van der Waals surface area contributed by atoms with E-state index in [2.05, 4.69) is 33.4 Å². The Bertz CT molecular complexity index is 1010. The van der Waals surface area contributed by atoms with Gasteiger partial charge in [0.1, 0.15) is 10.8 Å². The van der Waals surface area contributed by atoms with Crippen molar-refractivity contribution in [3.05, 3.63) is 71.2 Å². The van der Waals surface area contributed by atoms with Crippen LogP contribution >= 0.6 is 11.6 Å². The number of nitrogens with zero attached hydrogens (tertiary/aromatic N) is 4. The lowest BCUT2D eigenvalue weighted by Crippen LogP contribution is -2.00. The molecule has 0 saturated heterocycles. The molecule has 6 heteroatoms. The summed E-state index contributed by atoms with van der Waals surface area (Å²) in [5, 5.41) is 0.397. The molecule has 25 heavy (non-hydrogen) atoms. The number of aromatic nitrogens is 4. The van der Waals surface area contributed by atoms with Gasteiger partial charge >= 0.3 is 0 Å². The molecule has 0 aliphatic carbocycles. The van der Waals surface area contributed by atoms with Crippen LogP contribution in [0.25, 0.3) is 17.0 Å². The topological polar surface area (TPSA) is 69.6 Å². The summed E-state index contributed by atoms with van der Waals surface area (Å²) < 4.78 is 1.88. The van der Waals surface area contributed by atoms with Crippen molar-refractivity contribution in [3.8, 4) is 23.1 Å². The van der Waals surface area contributed by atoms with E-state index in [1.54, 1.807) is 24.5 Å². The van der Waals surface area contributed by atoms with Gasteiger partial charge in [0.25, 0.3) is 0 Å². The smallest absolute Gasteiger partial charge is 0.186 e. The molecule has 124 valence electrons. The Morgan fingerprint density at radius 3 is 2.68 bits per heavy atom. The van der Waals surface area contributed by atoms with Crippen molar-refractivity contribution in [2.75, 3.05) is 0 Å². The first kappa shape index (κ1) is 16.7. The Labute approximate surface area is 151 Å². The third kappa shape index (κ3) is 3.54. The van der Waals surface area contributed by atoms with E-state index in [1.165, 1.54) is 0 Å². The van der Waals surface area contributed by atoms with E-state index in [-0.39, 0.29) is 0 Å². The van der Waals surface area contributed by atoms with Crippen LogP contribution in [-0.4, -0.2) is 19.5 Å². The average molecular weight is 350 g/mol. The second kappa shape index (κ2) is 6.80. The number of aryl methyl sites for hydroxylation is 1. The molecule has 0 spiro atoms. The Kier molecular flexibility index (Phi) is 4.55. The first-order valence-electron chi connectivity index (χ1n) is 7.54. The first-order chi connectivity index (χ1) is 12.0. The van der Waals surface area contributed by atoms with Crippen molar-refractivity contribution >= 4 is 17.3 Å². The molecule has 3 aromatic rings. The molecule has 3 heterocycles. The minimum Gasteiger partial charge on any atom is -0.397 e. The van der Waals surface area contributed by atoms with E-state index < -0.39 is 0 Å². The van der Waals surface area contributed by atoms with Crippen LogP contribution in [0, 0.1) is 18.8 Å². The van der Waals surface area contributed by atoms with Crippen LogP contribution in [0.15, 0.2) is 43.2 Å². The van der Waals surface area contributed by atoms with Crippen LogP contribution in [0.1, 0.15) is 22.8 Å². The molecular formula is C19H16ClN5. The largest absolute Gasteiger partial charge is 0.397 e. The molecule has 0 unspecified atom stereocenters. The van der Waals surface area contributed by atoms with Crippen LogP contribution in [0.5, 0.6) is 0 Å². The SMILES string of the molecule is C=C(N)c1nc(C#Cc2ccnc(Cl)c2)n(C)c1-c1ccc(C)nc1. The molecule has 3 aromatic heterocycles. The zero-order valence-electron chi connectivity index (χ0n) is 13.9. The number of pyridine rings is 2. The van der Waals surface area contributed by atoms with Crippen molar-refractivity contribution in [2.24, 2.45) is 12.8 Å². The Hall–Kier alpha value is -3.10. The van der Waals surface area contributed by atoms with Crippen molar-refractivity contribution < 1.29 is 0 Å². The molecule has 0 bridgehead atoms. The molecule has 0 fully saturated rings. The zero-order chi connectivity index (χ0) is 18.0. The Balaban J connectivity index is 2.10. The summed E-state index contributed by atoms with van der Waals surface area (Å²) in [7, 11) is 1.89. The van der Waals surface area contributed by atoms with Gasteiger partial charge in [0.05, 0.1) is 11.4 Å². The lowest BCUT2D eigenvalue weighted by molar-refractivity contribution is 0.900. The summed E-state index contributed by atoms with van der Waals surface area (Å²) in [6.07, 6.45) is 3.40. The van der Waals surface area contributed by atoms with Gasteiger partial charge in [-0.15, -0.1) is 0 Å². The predicted octanol–water partition coefficient (Wildman–Crippen LogP) is 3.17. The fourth-order valence-electron chi connectivity index (χ4n) is 2.38. The Morgan fingerprint density at radius 2 is 2.04 bits per heavy atom. The molecule has 3 rings (SSSR count). The number of imidazole rings is 1. The molecule has 0 radical (unpaired) electrons. The van der Waals surface area contributed by atoms with E-state index >= 15 is 0 Å². The van der Waals surface area contributed by atoms with Crippen LogP contribution in [0.3, 0.4) is 0 Å². The van der Waals surface area contributed by atoms with Crippen molar-refractivity contribution in [3.63, 3.8) is 0 Å². The van der Waals surface area contributed by atoms with Crippen LogP contribution < -0.4 is 5.73 Å². The van der Waals surface area contributed by atoms with Gasteiger partial charge in [0.15, 0.2) is 5.82 Å². The van der Waals surface area contributed by atoms with Crippen LogP contribution in [0.4, 0.5) is 0 Å². The quantitative estimate of drug-likeness (QED) is 0.570. The minimum absolute atomic E-state index is 0.381. The maximum atomic E-state index is 5.93. The summed E-state index contributed by atoms with van der Waals surface area (Å²) in [6, 6.07) is 7.40. The normalized spacial score (nSPS) is 10.2. The zero-order valence-corrected chi connectivity index (χ0v) is 14.7. The second-order valence-electron chi connectivity index (χ2n) is 5.52. The van der Waals surface area contributed by atoms with Gasteiger partial charge < -0.3 is 10.3 Å². The maximum absolute atomic E-state index is 5.93. The van der Waals surface area contributed by atoms with Crippen LogP contribution in [0.2, 0.25) is 5.15 Å². The highest BCUT2D eigenvalue weighted by Crippen LogP contribution is 2.26. The second-order valence-corrected chi connectivity index (χ2v) is 5.91. The molecule has 0 aromatic carbocycles. The highest BCUT2D eigenvalue weighted by molar-refractivity contribution is 6.29. The molecular weight excluding hydrogens is 334 g/mol. The van der Waals surface area contributed by atoms with Gasteiger partial charge in [0, 0.05) is 36.3 Å². The van der Waals surface area contributed by atoms with Gasteiger partial charge in [-0.1, -0.05) is 24.1 Å². The number of hydrogen-bond donors (Lipinski definition) is 1. The van der Waals surface area contributed by atoms with E-state index in [0.717, 1.165) is 22.5 Å². The van der Waals surface area contributed by atoms with Gasteiger partial charge in [-0.05, 0) is 37.1 Å². The van der Waals surface area contributed by atoms with Gasteiger partial charge in [-0.2, -0.15) is 0 Å². The molecule has 0 atom stereocenters. The van der Waals surface area contributed by atoms with Crippen molar-refractivity contribution in [1.82, 2.24) is 19.5 Å². The summed E-state index contributed by atoms with van der Waals surface area (Å²) in [4.78, 5) is 12.8. The van der Waals surface area contributed by atoms with Gasteiger partial charge in [0.2, 0.25) is 0 Å². The highest BCUT2D eigenvalue weighted by Gasteiger charge is 2.16. The summed E-state index contributed by atoms with van der Waals surface area (Å²) >= 11 is 5.89. The van der Waals surface area contributed by atoms with E-state index in [1.807, 2.05) is 30.7 Å². The van der Waals surface area contributed by atoms with E-state index in [0.29, 0.717) is 22.4 Å². The van der Waals surface area contributed by atoms with Crippen LogP contribution in [-0.2, 0) is 7.05 Å². The molecule has 5 nitrogen and oxygen atoms in total. The summed E-state index contributed by atoms with van der Waals surface area (Å²) in [5.74, 6) is 6.66. The van der Waals surface area contributed by atoms with E-state index in [9.17, 15) is 0 Å². The fraction of sp³-hybridized carbons (Fsp3) is 0.105. The lowest BCUT2D eigenvalue weighted by Gasteiger charge is -2.06. The number of hydrogen-bond acceptors (Lipinski definition) is 4. The summed E-state index contributed by atoms with van der Waals surface area (Å²) in [5.41, 5.74) is 10.3. The monoisotopic (exact) mass is 349 g/mol.